The Hall–Kier alpha value is -3.41. The summed E-state index contributed by atoms with van der Waals surface area (Å²) in [5, 5.41) is 6.21. The van der Waals surface area contributed by atoms with Gasteiger partial charge in [-0.2, -0.15) is 4.31 Å². The molecule has 0 aliphatic rings. The topological polar surface area (TPSA) is 114 Å². The second-order valence-electron chi connectivity index (χ2n) is 6.30. The molecule has 9 nitrogen and oxygen atoms in total. The third-order valence-corrected chi connectivity index (χ3v) is 5.14. The molecule has 2 heterocycles. The Morgan fingerprint density at radius 3 is 2.58 bits per heavy atom. The van der Waals surface area contributed by atoms with Crippen LogP contribution in [-0.2, 0) is 16.2 Å². The Morgan fingerprint density at radius 2 is 1.90 bits per heavy atom. The van der Waals surface area contributed by atoms with Crippen LogP contribution < -0.4 is 20.4 Å². The molecule has 0 aliphatic carbocycles. The highest BCUT2D eigenvalue weighted by molar-refractivity contribution is 7.92. The van der Waals surface area contributed by atoms with Gasteiger partial charge in [0.05, 0.1) is 42.5 Å². The molecule has 1 atom stereocenters. The van der Waals surface area contributed by atoms with E-state index in [0.717, 1.165) is 0 Å². The molecule has 0 fully saturated rings. The van der Waals surface area contributed by atoms with Gasteiger partial charge >= 0.3 is 0 Å². The van der Waals surface area contributed by atoms with Crippen molar-refractivity contribution in [3.8, 4) is 0 Å². The first kappa shape index (κ1) is 22.3. The van der Waals surface area contributed by atoms with Crippen molar-refractivity contribution in [3.63, 3.8) is 0 Å². The summed E-state index contributed by atoms with van der Waals surface area (Å²) in [6, 6.07) is 10.9. The molecule has 0 radical (unpaired) electrons. The third-order valence-electron chi connectivity index (χ3n) is 4.20. The molecule has 0 saturated carbocycles. The number of pyridine rings is 2. The lowest BCUT2D eigenvalue weighted by molar-refractivity contribution is 0.0538. The number of rotatable bonds is 8. The number of amides is 1. The normalized spacial score (nSPS) is 11.5. The minimum atomic E-state index is -1.30. The van der Waals surface area contributed by atoms with E-state index >= 15 is 0 Å². The summed E-state index contributed by atoms with van der Waals surface area (Å²) < 4.78 is 26.6. The van der Waals surface area contributed by atoms with E-state index < -0.39 is 17.3 Å². The molecule has 3 N–H and O–H groups in total. The summed E-state index contributed by atoms with van der Waals surface area (Å²) in [6.45, 7) is 0. The van der Waals surface area contributed by atoms with Crippen molar-refractivity contribution in [2.45, 2.75) is 0 Å². The van der Waals surface area contributed by atoms with Crippen molar-refractivity contribution >= 4 is 46.0 Å². The predicted octanol–water partition coefficient (Wildman–Crippen LogP) is 3.12. The quantitative estimate of drug-likeness (QED) is 0.359. The number of nitrogens with zero attached hydrogens (tertiary/aromatic N) is 3. The van der Waals surface area contributed by atoms with E-state index in [1.807, 2.05) is 0 Å². The first-order valence-electron chi connectivity index (χ1n) is 9.04. The van der Waals surface area contributed by atoms with E-state index in [2.05, 4.69) is 26.1 Å². The van der Waals surface area contributed by atoms with Crippen LogP contribution in [0, 0.1) is 5.82 Å². The highest BCUT2D eigenvalue weighted by atomic mass is 32.2. The van der Waals surface area contributed by atoms with Crippen LogP contribution in [0.15, 0.2) is 54.9 Å². The van der Waals surface area contributed by atoms with E-state index in [0.29, 0.717) is 28.7 Å². The second kappa shape index (κ2) is 10.1. The number of carbonyl (C=O) groups is 1. The standard InChI is InChI=1S/C20H21FN6O3S/c1-27(31(3)29)19-16(5-4-10-22-19)25-17-11-18(23-12-15(17)20(28)26-30-2)24-14-8-6-13(21)7-9-14/h4-12H,1-3H3,(H,26,28)(H2,23,24,25). The van der Waals surface area contributed by atoms with Gasteiger partial charge in [0, 0.05) is 24.1 Å². The van der Waals surface area contributed by atoms with E-state index in [9.17, 15) is 13.7 Å². The molecule has 1 unspecified atom stereocenters. The number of benzene rings is 1. The average molecular weight is 444 g/mol. The fraction of sp³-hybridized carbons (Fsp3) is 0.150. The molecule has 3 rings (SSSR count). The lowest BCUT2D eigenvalue weighted by Gasteiger charge is -2.21. The van der Waals surface area contributed by atoms with Gasteiger partial charge in [-0.15, -0.1) is 0 Å². The molecule has 0 saturated heterocycles. The number of hydrogen-bond acceptors (Lipinski definition) is 8. The van der Waals surface area contributed by atoms with Crippen LogP contribution in [0.2, 0.25) is 0 Å². The van der Waals surface area contributed by atoms with Gasteiger partial charge in [0.25, 0.3) is 5.91 Å². The summed E-state index contributed by atoms with van der Waals surface area (Å²) in [6.07, 6.45) is 4.49. The van der Waals surface area contributed by atoms with Gasteiger partial charge in [-0.1, -0.05) is 0 Å². The summed E-state index contributed by atoms with van der Waals surface area (Å²) in [7, 11) is 2.98. The van der Waals surface area contributed by atoms with Crippen LogP contribution in [-0.4, -0.2) is 40.8 Å². The van der Waals surface area contributed by atoms with E-state index in [4.69, 9.17) is 4.84 Å². The maximum atomic E-state index is 13.2. The fourth-order valence-corrected chi connectivity index (χ4v) is 3.04. The smallest absolute Gasteiger partial charge is 0.278 e. The molecule has 0 bridgehead atoms. The van der Waals surface area contributed by atoms with Crippen LogP contribution in [0.5, 0.6) is 0 Å². The van der Waals surface area contributed by atoms with Crippen LogP contribution in [0.1, 0.15) is 10.4 Å². The molecular formula is C20H21FN6O3S. The van der Waals surface area contributed by atoms with E-state index in [1.165, 1.54) is 36.0 Å². The lowest BCUT2D eigenvalue weighted by Crippen LogP contribution is -2.27. The SMILES string of the molecule is CONC(=O)c1cnc(Nc2ccc(F)cc2)cc1Nc1cccnc1N(C)[S+](C)[O-]. The van der Waals surface area contributed by atoms with Gasteiger partial charge < -0.3 is 15.2 Å². The predicted molar refractivity (Wildman–Crippen MR) is 118 cm³/mol. The van der Waals surface area contributed by atoms with Gasteiger partial charge in [0.1, 0.15) is 17.9 Å². The first-order valence-corrected chi connectivity index (χ1v) is 10.6. The number of hydroxylamine groups is 1. The largest absolute Gasteiger partial charge is 0.593 e. The molecule has 1 aromatic carbocycles. The van der Waals surface area contributed by atoms with Crippen molar-refractivity contribution < 1.29 is 18.6 Å². The molecule has 2 aromatic heterocycles. The van der Waals surface area contributed by atoms with Crippen molar-refractivity contribution in [2.24, 2.45) is 0 Å². The second-order valence-corrected chi connectivity index (χ2v) is 7.70. The number of hydrogen-bond donors (Lipinski definition) is 3. The molecule has 11 heteroatoms. The number of carbonyl (C=O) groups excluding carboxylic acids is 1. The Balaban J connectivity index is 1.98. The molecule has 3 aromatic rings. The summed E-state index contributed by atoms with van der Waals surface area (Å²) in [4.78, 5) is 25.7. The number of halogens is 1. The maximum Gasteiger partial charge on any atom is 0.278 e. The Labute approximate surface area is 181 Å². The first-order chi connectivity index (χ1) is 14.9. The summed E-state index contributed by atoms with van der Waals surface area (Å²) in [5.74, 6) is -0.00934. The molecule has 0 aliphatic heterocycles. The lowest BCUT2D eigenvalue weighted by atomic mass is 10.2. The number of nitrogens with one attached hydrogen (secondary N) is 3. The zero-order valence-corrected chi connectivity index (χ0v) is 17.9. The maximum absolute atomic E-state index is 13.2. The number of aromatic nitrogens is 2. The van der Waals surface area contributed by atoms with Crippen LogP contribution >= 0.6 is 0 Å². The highest BCUT2D eigenvalue weighted by Gasteiger charge is 2.19. The summed E-state index contributed by atoms with van der Waals surface area (Å²) in [5.41, 5.74) is 4.03. The van der Waals surface area contributed by atoms with Gasteiger partial charge in [-0.3, -0.25) is 9.63 Å². The molecular weight excluding hydrogens is 423 g/mol. The minimum Gasteiger partial charge on any atom is -0.593 e. The average Bonchev–Trinajstić information content (AvgIpc) is 2.75. The van der Waals surface area contributed by atoms with Gasteiger partial charge in [-0.25, -0.2) is 19.8 Å². The van der Waals surface area contributed by atoms with Gasteiger partial charge in [-0.05, 0) is 36.4 Å². The van der Waals surface area contributed by atoms with Gasteiger partial charge in [0.2, 0.25) is 0 Å². The Kier molecular flexibility index (Phi) is 7.23. The molecule has 31 heavy (non-hydrogen) atoms. The molecule has 1 amide bonds. The van der Waals surface area contributed by atoms with Crippen molar-refractivity contribution in [3.05, 3.63) is 66.2 Å². The van der Waals surface area contributed by atoms with Crippen LogP contribution in [0.4, 0.5) is 33.1 Å². The number of anilines is 5. The molecule has 0 spiro atoms. The van der Waals surface area contributed by atoms with Crippen LogP contribution in [0.25, 0.3) is 0 Å². The third kappa shape index (κ3) is 5.60. The van der Waals surface area contributed by atoms with Crippen molar-refractivity contribution in [2.75, 3.05) is 35.4 Å². The van der Waals surface area contributed by atoms with Crippen LogP contribution in [0.3, 0.4) is 0 Å². The highest BCUT2D eigenvalue weighted by Crippen LogP contribution is 2.30. The molecule has 162 valence electrons. The Bertz CT molecular complexity index is 1050. The summed E-state index contributed by atoms with van der Waals surface area (Å²) >= 11 is -1.30. The zero-order valence-electron chi connectivity index (χ0n) is 17.0. The van der Waals surface area contributed by atoms with E-state index in [1.54, 1.807) is 43.6 Å². The monoisotopic (exact) mass is 444 g/mol. The minimum absolute atomic E-state index is 0.210. The van der Waals surface area contributed by atoms with E-state index in [-0.39, 0.29) is 11.4 Å². The zero-order chi connectivity index (χ0) is 22.4. The fourth-order valence-electron chi connectivity index (χ4n) is 2.65. The van der Waals surface area contributed by atoms with Crippen molar-refractivity contribution in [1.82, 2.24) is 15.4 Å². The Morgan fingerprint density at radius 1 is 1.16 bits per heavy atom. The van der Waals surface area contributed by atoms with Gasteiger partial charge in [0.15, 0.2) is 5.82 Å². The van der Waals surface area contributed by atoms with Crippen molar-refractivity contribution in [1.29, 1.82) is 0 Å².